The van der Waals surface area contributed by atoms with Crippen LogP contribution < -0.4 is 0 Å². The molecule has 1 N–H and O–H groups in total. The normalized spacial score (nSPS) is 43.8. The molecule has 0 spiro atoms. The highest BCUT2D eigenvalue weighted by Gasteiger charge is 2.51. The average molecular weight is 260 g/mol. The quantitative estimate of drug-likeness (QED) is 0.827. The lowest BCUT2D eigenvalue weighted by Gasteiger charge is -2.40. The van der Waals surface area contributed by atoms with Gasteiger partial charge >= 0.3 is 0 Å². The van der Waals surface area contributed by atoms with Gasteiger partial charge in [0.1, 0.15) is 0 Å². The van der Waals surface area contributed by atoms with Crippen LogP contribution >= 0.6 is 0 Å². The van der Waals surface area contributed by atoms with Crippen LogP contribution in [0.3, 0.4) is 0 Å². The summed E-state index contributed by atoms with van der Waals surface area (Å²) >= 11 is 0. The first-order chi connectivity index (χ1) is 7.84. The number of hydrogen-bond donors (Lipinski definition) is 1. The maximum absolute atomic E-state index is 11.8. The molecule has 2 unspecified atom stereocenters. The van der Waals surface area contributed by atoms with Crippen molar-refractivity contribution in [3.63, 3.8) is 0 Å². The van der Waals surface area contributed by atoms with E-state index in [1.54, 1.807) is 0 Å². The number of sulfone groups is 1. The highest BCUT2D eigenvalue weighted by atomic mass is 32.2. The Labute approximate surface area is 105 Å². The Bertz CT molecular complexity index is 368. The molecule has 0 saturated heterocycles. The Morgan fingerprint density at radius 2 is 1.71 bits per heavy atom. The second-order valence-corrected chi connectivity index (χ2v) is 8.39. The van der Waals surface area contributed by atoms with E-state index in [9.17, 15) is 13.5 Å². The third kappa shape index (κ3) is 2.53. The average Bonchev–Trinajstić information content (AvgIpc) is 2.62. The molecule has 2 rings (SSSR count). The Morgan fingerprint density at radius 3 is 2.24 bits per heavy atom. The number of aliphatic hydroxyl groups is 1. The summed E-state index contributed by atoms with van der Waals surface area (Å²) in [6.07, 6.45) is 7.67. The van der Waals surface area contributed by atoms with E-state index >= 15 is 0 Å². The molecular formula is C13H24O3S. The van der Waals surface area contributed by atoms with Gasteiger partial charge in [0, 0.05) is 6.26 Å². The van der Waals surface area contributed by atoms with Gasteiger partial charge in [-0.2, -0.15) is 0 Å². The van der Waals surface area contributed by atoms with E-state index in [4.69, 9.17) is 0 Å². The summed E-state index contributed by atoms with van der Waals surface area (Å²) in [5.74, 6) is 0.925. The van der Waals surface area contributed by atoms with Crippen LogP contribution in [0.5, 0.6) is 0 Å². The van der Waals surface area contributed by atoms with Crippen LogP contribution in [0.2, 0.25) is 0 Å². The largest absolute Gasteiger partial charge is 0.388 e. The predicted molar refractivity (Wildman–Crippen MR) is 68.6 cm³/mol. The van der Waals surface area contributed by atoms with Gasteiger partial charge in [-0.1, -0.05) is 19.8 Å². The first-order valence-corrected chi connectivity index (χ1v) is 8.70. The minimum atomic E-state index is -3.12. The molecule has 2 saturated carbocycles. The van der Waals surface area contributed by atoms with Crippen molar-refractivity contribution in [1.82, 2.24) is 0 Å². The van der Waals surface area contributed by atoms with Gasteiger partial charge in [-0.05, 0) is 43.9 Å². The molecule has 0 heterocycles. The lowest BCUT2D eigenvalue weighted by Crippen LogP contribution is -2.49. The first-order valence-electron chi connectivity index (χ1n) is 6.75. The summed E-state index contributed by atoms with van der Waals surface area (Å²) in [4.78, 5) is 0. The van der Waals surface area contributed by atoms with Crippen LogP contribution in [0.4, 0.5) is 0 Å². The third-order valence-electron chi connectivity index (χ3n) is 4.84. The third-order valence-corrected chi connectivity index (χ3v) is 6.52. The maximum atomic E-state index is 11.8. The van der Waals surface area contributed by atoms with Gasteiger partial charge in [-0.3, -0.25) is 0 Å². The van der Waals surface area contributed by atoms with Crippen LogP contribution in [0.15, 0.2) is 0 Å². The van der Waals surface area contributed by atoms with Gasteiger partial charge < -0.3 is 5.11 Å². The molecule has 0 aliphatic heterocycles. The van der Waals surface area contributed by atoms with Gasteiger partial charge in [-0.25, -0.2) is 8.42 Å². The summed E-state index contributed by atoms with van der Waals surface area (Å²) in [5.41, 5.74) is -0.937. The number of hydrogen-bond acceptors (Lipinski definition) is 3. The van der Waals surface area contributed by atoms with E-state index in [-0.39, 0.29) is 5.92 Å². The molecule has 2 aliphatic rings. The van der Waals surface area contributed by atoms with E-state index in [1.807, 2.05) is 0 Å². The number of rotatable bonds is 2. The lowest BCUT2D eigenvalue weighted by atomic mass is 9.73. The van der Waals surface area contributed by atoms with Gasteiger partial charge in [0.25, 0.3) is 0 Å². The van der Waals surface area contributed by atoms with Crippen molar-refractivity contribution in [1.29, 1.82) is 0 Å². The fourth-order valence-corrected chi connectivity index (χ4v) is 5.44. The second-order valence-electron chi connectivity index (χ2n) is 6.16. The van der Waals surface area contributed by atoms with E-state index in [1.165, 1.54) is 6.26 Å². The van der Waals surface area contributed by atoms with Crippen molar-refractivity contribution >= 4 is 9.84 Å². The van der Waals surface area contributed by atoms with Crippen molar-refractivity contribution in [3.8, 4) is 0 Å². The zero-order valence-corrected chi connectivity index (χ0v) is 11.7. The predicted octanol–water partition coefficient (Wildman–Crippen LogP) is 2.14. The molecule has 2 atom stereocenters. The van der Waals surface area contributed by atoms with E-state index < -0.39 is 20.7 Å². The SMILES string of the molecule is CC1CCC(C2(O)CCCC2S(C)(=O)=O)CC1. The van der Waals surface area contributed by atoms with E-state index in [0.29, 0.717) is 12.8 Å². The minimum Gasteiger partial charge on any atom is -0.388 e. The Balaban J connectivity index is 2.17. The monoisotopic (exact) mass is 260 g/mol. The summed E-state index contributed by atoms with van der Waals surface area (Å²) in [5, 5.41) is 10.3. The Hall–Kier alpha value is -0.0900. The molecule has 0 radical (unpaired) electrons. The van der Waals surface area contributed by atoms with Crippen LogP contribution in [0.25, 0.3) is 0 Å². The summed E-state index contributed by atoms with van der Waals surface area (Å²) in [6, 6.07) is 0. The molecule has 4 heteroatoms. The fraction of sp³-hybridized carbons (Fsp3) is 1.00. The molecule has 0 aromatic rings. The standard InChI is InChI=1S/C13H24O3S/c1-10-5-7-11(8-6-10)13(14)9-3-4-12(13)17(2,15)16/h10-12,14H,3-9H2,1-2H3. The van der Waals surface area contributed by atoms with Crippen molar-refractivity contribution in [3.05, 3.63) is 0 Å². The Morgan fingerprint density at radius 1 is 1.12 bits per heavy atom. The van der Waals surface area contributed by atoms with Crippen molar-refractivity contribution in [2.24, 2.45) is 11.8 Å². The first kappa shape index (κ1) is 13.3. The molecule has 0 aromatic heterocycles. The highest BCUT2D eigenvalue weighted by Crippen LogP contribution is 2.46. The topological polar surface area (TPSA) is 54.4 Å². The smallest absolute Gasteiger partial charge is 0.153 e. The van der Waals surface area contributed by atoms with Crippen LogP contribution in [0.1, 0.15) is 51.9 Å². The fourth-order valence-electron chi connectivity index (χ4n) is 3.79. The second kappa shape index (κ2) is 4.54. The molecule has 3 nitrogen and oxygen atoms in total. The molecule has 0 aromatic carbocycles. The van der Waals surface area contributed by atoms with Gasteiger partial charge in [0.05, 0.1) is 10.9 Å². The molecule has 2 fully saturated rings. The molecule has 0 bridgehead atoms. The molecule has 17 heavy (non-hydrogen) atoms. The highest BCUT2D eigenvalue weighted by molar-refractivity contribution is 7.91. The van der Waals surface area contributed by atoms with Crippen molar-refractivity contribution in [2.45, 2.75) is 62.7 Å². The van der Waals surface area contributed by atoms with E-state index in [2.05, 4.69) is 6.92 Å². The molecule has 0 amide bonds. The minimum absolute atomic E-state index is 0.195. The Kier molecular flexibility index (Phi) is 3.56. The van der Waals surface area contributed by atoms with Crippen LogP contribution in [0, 0.1) is 11.8 Å². The zero-order chi connectivity index (χ0) is 12.7. The van der Waals surface area contributed by atoms with Gasteiger partial charge in [-0.15, -0.1) is 0 Å². The van der Waals surface area contributed by atoms with Gasteiger partial charge in [0.15, 0.2) is 9.84 Å². The van der Waals surface area contributed by atoms with Crippen LogP contribution in [-0.4, -0.2) is 30.6 Å². The van der Waals surface area contributed by atoms with E-state index in [0.717, 1.165) is 38.0 Å². The summed E-state index contributed by atoms with van der Waals surface area (Å²) in [6.45, 7) is 2.24. The lowest BCUT2D eigenvalue weighted by molar-refractivity contribution is -0.0284. The van der Waals surface area contributed by atoms with Crippen molar-refractivity contribution in [2.75, 3.05) is 6.26 Å². The summed E-state index contributed by atoms with van der Waals surface area (Å²) in [7, 11) is -3.12. The maximum Gasteiger partial charge on any atom is 0.153 e. The zero-order valence-electron chi connectivity index (χ0n) is 10.9. The van der Waals surface area contributed by atoms with Crippen LogP contribution in [-0.2, 0) is 9.84 Å². The molecular weight excluding hydrogens is 236 g/mol. The van der Waals surface area contributed by atoms with Crippen molar-refractivity contribution < 1.29 is 13.5 Å². The van der Waals surface area contributed by atoms with Gasteiger partial charge in [0.2, 0.25) is 0 Å². The molecule has 2 aliphatic carbocycles. The summed E-state index contributed by atoms with van der Waals surface area (Å²) < 4.78 is 23.6. The molecule has 100 valence electrons.